The van der Waals surface area contributed by atoms with Gasteiger partial charge in [0.2, 0.25) is 4.87 Å². The van der Waals surface area contributed by atoms with Crippen molar-refractivity contribution in [2.75, 3.05) is 13.2 Å². The fraction of sp³-hybridized carbons (Fsp3) is 0.833. The Morgan fingerprint density at radius 3 is 2.06 bits per heavy atom. The number of carboxylic acid groups (broad SMARTS) is 2. The van der Waals surface area contributed by atoms with E-state index < -0.39 is 67.2 Å². The fourth-order valence-corrected chi connectivity index (χ4v) is 3.11. The molecule has 0 radical (unpaired) electrons. The van der Waals surface area contributed by atoms with E-state index in [0.717, 1.165) is 6.42 Å². The van der Waals surface area contributed by atoms with E-state index >= 15 is 0 Å². The Hall–Kier alpha value is -0.362. The van der Waals surface area contributed by atoms with Crippen LogP contribution in [0.15, 0.2) is 0 Å². The molecule has 11 nitrogen and oxygen atoms in total. The van der Waals surface area contributed by atoms with Gasteiger partial charge >= 0.3 is 33.0 Å². The van der Waals surface area contributed by atoms with Gasteiger partial charge in [-0.1, -0.05) is 37.3 Å². The van der Waals surface area contributed by atoms with Gasteiger partial charge in [0.15, 0.2) is 6.29 Å². The summed E-state index contributed by atoms with van der Waals surface area (Å²) < 4.78 is 9.97. The maximum atomic E-state index is 10.8. The van der Waals surface area contributed by atoms with E-state index in [-0.39, 0.29) is 27.1 Å². The zero-order valence-electron chi connectivity index (χ0n) is 16.7. The summed E-state index contributed by atoms with van der Waals surface area (Å²) in [5, 5.41) is 55.3. The van der Waals surface area contributed by atoms with E-state index in [1.807, 2.05) is 0 Å². The molecule has 184 valence electrons. The smallest absolute Gasteiger partial charge is 0.677 e. The molecule has 0 amide bonds. The first-order valence-corrected chi connectivity index (χ1v) is 9.95. The quantitative estimate of drug-likeness (QED) is 0.122. The molecule has 0 bridgehead atoms. The van der Waals surface area contributed by atoms with Gasteiger partial charge in [0.05, 0.1) is 13.2 Å². The van der Waals surface area contributed by atoms with Gasteiger partial charge in [-0.3, -0.25) is 0 Å². The van der Waals surface area contributed by atoms with Crippen molar-refractivity contribution in [2.45, 2.75) is 73.7 Å². The number of aliphatic carboxylic acids is 2. The van der Waals surface area contributed by atoms with Crippen molar-refractivity contribution in [3.05, 3.63) is 12.7 Å². The molecule has 1 saturated heterocycles. The summed E-state index contributed by atoms with van der Waals surface area (Å²) >= 11 is 5.46. The van der Waals surface area contributed by atoms with Gasteiger partial charge in [0.1, 0.15) is 24.4 Å². The Morgan fingerprint density at radius 2 is 1.65 bits per heavy atom. The molecule has 0 aromatic carbocycles. The number of rotatable bonds is 7. The average molecular weight is 651 g/mol. The standard InChI is InChI=1S/C11H17ClO10.C7H13N.Pt/c12-11(9(17)18,10(19)20)1-2-21-8-7(16)6(15)5(14)4(3-13)22-8;1-6-4-2-3-5-7(6)8;/h4-8,13-16H,1-3H2,(H,17,18)(H,19,20);6-8H,1-5H2;/q;-2;+2/t4-,5-,6+,7-,8?;6-,7-;/m11./s1. The first-order valence-electron chi connectivity index (χ1n) is 9.57. The third kappa shape index (κ3) is 8.49. The summed E-state index contributed by atoms with van der Waals surface area (Å²) in [6.45, 7) is 2.71. The topological polar surface area (TPSA) is 198 Å². The zero-order valence-corrected chi connectivity index (χ0v) is 19.7. The third-order valence-corrected chi connectivity index (χ3v) is 5.68. The predicted molar refractivity (Wildman–Crippen MR) is 104 cm³/mol. The first-order chi connectivity index (χ1) is 14.0. The number of nitrogens with one attached hydrogen (secondary N) is 1. The fourth-order valence-electron chi connectivity index (χ4n) is 3.03. The predicted octanol–water partition coefficient (Wildman–Crippen LogP) is -0.231. The van der Waals surface area contributed by atoms with Crippen molar-refractivity contribution >= 4 is 23.5 Å². The van der Waals surface area contributed by atoms with E-state index in [1.54, 1.807) is 0 Å². The summed E-state index contributed by atoms with van der Waals surface area (Å²) in [5.41, 5.74) is 7.42. The van der Waals surface area contributed by atoms with Gasteiger partial charge in [-0.05, 0) is 0 Å². The van der Waals surface area contributed by atoms with Crippen molar-refractivity contribution in [3.8, 4) is 0 Å². The minimum absolute atomic E-state index is 0. The Balaban J connectivity index is 0.000000838. The number of alkyl halides is 1. The van der Waals surface area contributed by atoms with Crippen LogP contribution in [0.5, 0.6) is 0 Å². The molecular weight excluding hydrogens is 621 g/mol. The molecule has 1 aliphatic heterocycles. The first kappa shape index (κ1) is 30.6. The van der Waals surface area contributed by atoms with Crippen molar-refractivity contribution < 1.29 is 70.8 Å². The summed E-state index contributed by atoms with van der Waals surface area (Å²) in [6.07, 6.45) is -3.42. The molecule has 0 aromatic heterocycles. The molecule has 1 aliphatic carbocycles. The summed E-state index contributed by atoms with van der Waals surface area (Å²) in [4.78, 5) is 19.1. The molecule has 0 aromatic rings. The Bertz CT molecular complexity index is 545. The Morgan fingerprint density at radius 1 is 1.10 bits per heavy atom. The normalized spacial score (nSPS) is 33.5. The number of carbonyl (C=O) groups is 2. The molecule has 0 spiro atoms. The molecule has 1 unspecified atom stereocenters. The van der Waals surface area contributed by atoms with E-state index in [0.29, 0.717) is 5.92 Å². The maximum Gasteiger partial charge on any atom is 2.00 e. The van der Waals surface area contributed by atoms with Gasteiger partial charge in [-0.25, -0.2) is 9.59 Å². The second-order valence-electron chi connectivity index (χ2n) is 7.38. The minimum atomic E-state index is -2.60. The van der Waals surface area contributed by atoms with E-state index in [2.05, 4.69) is 6.92 Å². The van der Waals surface area contributed by atoms with Crippen LogP contribution in [-0.4, -0.2) is 97.4 Å². The second kappa shape index (κ2) is 14.0. The number of aliphatic hydroxyl groups excluding tert-OH is 4. The SMILES string of the molecule is O=C(O)C(Cl)(CCOC1O[C@H](CO)[C@@H](O)[C@H](O)[C@H]1O)C(=O)O.[CH2-][C@@H]1CCCC[C@H]1[NH-].[Pt+2]. The van der Waals surface area contributed by atoms with Crippen LogP contribution in [0.1, 0.15) is 32.1 Å². The number of halogens is 1. The number of hydrogen-bond donors (Lipinski definition) is 6. The summed E-state index contributed by atoms with van der Waals surface area (Å²) in [7, 11) is 0. The zero-order chi connectivity index (χ0) is 23.1. The molecule has 31 heavy (non-hydrogen) atoms. The van der Waals surface area contributed by atoms with E-state index in [1.165, 1.54) is 19.3 Å². The van der Waals surface area contributed by atoms with E-state index in [9.17, 15) is 24.9 Å². The molecule has 2 fully saturated rings. The molecule has 1 heterocycles. The van der Waals surface area contributed by atoms with Crippen LogP contribution in [0.3, 0.4) is 0 Å². The van der Waals surface area contributed by atoms with Gasteiger partial charge < -0.3 is 52.8 Å². The van der Waals surface area contributed by atoms with Gasteiger partial charge in [0, 0.05) is 6.42 Å². The number of aliphatic hydroxyl groups is 4. The van der Waals surface area contributed by atoms with Crippen LogP contribution >= 0.6 is 11.6 Å². The van der Waals surface area contributed by atoms with Crippen LogP contribution in [0, 0.1) is 12.8 Å². The van der Waals surface area contributed by atoms with Crippen LogP contribution in [-0.2, 0) is 40.1 Å². The molecule has 1 saturated carbocycles. The van der Waals surface area contributed by atoms with Crippen LogP contribution < -0.4 is 0 Å². The van der Waals surface area contributed by atoms with Gasteiger partial charge in [0.25, 0.3) is 0 Å². The van der Waals surface area contributed by atoms with Gasteiger partial charge in [-0.2, -0.15) is 12.0 Å². The number of hydrogen-bond acceptors (Lipinski definition) is 8. The molecule has 13 heteroatoms. The Labute approximate surface area is 199 Å². The molecule has 7 atom stereocenters. The van der Waals surface area contributed by atoms with Crippen LogP contribution in [0.25, 0.3) is 5.73 Å². The molecular formula is C18H30ClNO10Pt. The van der Waals surface area contributed by atoms with Crippen molar-refractivity contribution in [1.82, 2.24) is 0 Å². The second-order valence-corrected chi connectivity index (χ2v) is 8.03. The van der Waals surface area contributed by atoms with E-state index in [4.69, 9.17) is 42.1 Å². The van der Waals surface area contributed by atoms with Crippen molar-refractivity contribution in [3.63, 3.8) is 0 Å². The largest absolute Gasteiger partial charge is 2.00 e. The monoisotopic (exact) mass is 650 g/mol. The Kier molecular flexibility index (Phi) is 13.9. The molecule has 2 aliphatic rings. The maximum absolute atomic E-state index is 10.8. The molecule has 7 N–H and O–H groups in total. The minimum Gasteiger partial charge on any atom is -0.677 e. The summed E-state index contributed by atoms with van der Waals surface area (Å²) in [5.74, 6) is -3.14. The van der Waals surface area contributed by atoms with Crippen LogP contribution in [0.2, 0.25) is 0 Å². The molecule has 2 rings (SSSR count). The summed E-state index contributed by atoms with van der Waals surface area (Å²) in [6, 6.07) is 0.142. The van der Waals surface area contributed by atoms with Crippen molar-refractivity contribution in [2.24, 2.45) is 5.92 Å². The average Bonchev–Trinajstić information content (AvgIpc) is 2.70. The third-order valence-electron chi connectivity index (χ3n) is 5.16. The number of carboxylic acids is 2. The van der Waals surface area contributed by atoms with Gasteiger partial charge in [-0.15, -0.1) is 0 Å². The number of ether oxygens (including phenoxy) is 2. The van der Waals surface area contributed by atoms with Crippen LogP contribution in [0.4, 0.5) is 0 Å². The van der Waals surface area contributed by atoms with Crippen molar-refractivity contribution in [1.29, 1.82) is 0 Å².